The van der Waals surface area contributed by atoms with Crippen molar-refractivity contribution in [3.05, 3.63) is 0 Å². The Morgan fingerprint density at radius 1 is 0.875 bits per heavy atom. The van der Waals surface area contributed by atoms with Gasteiger partial charge in [0.15, 0.2) is 5.79 Å². The van der Waals surface area contributed by atoms with Crippen LogP contribution in [0, 0.1) is 51.8 Å². The molecule has 0 aromatic rings. The molecule has 0 N–H and O–H groups in total. The van der Waals surface area contributed by atoms with Gasteiger partial charge in [0.05, 0.1) is 19.3 Å². The summed E-state index contributed by atoms with van der Waals surface area (Å²) in [6, 6.07) is 0. The van der Waals surface area contributed by atoms with Crippen LogP contribution in [-0.2, 0) is 14.2 Å². The van der Waals surface area contributed by atoms with E-state index in [0.29, 0.717) is 34.2 Å². The number of rotatable bonds is 1. The molecule has 3 nitrogen and oxygen atoms in total. The van der Waals surface area contributed by atoms with E-state index in [9.17, 15) is 0 Å². The minimum atomic E-state index is -0.280. The molecule has 6 rings (SSSR count). The van der Waals surface area contributed by atoms with Gasteiger partial charge in [-0.05, 0) is 105 Å². The van der Waals surface area contributed by atoms with Crippen LogP contribution in [-0.4, -0.2) is 32.2 Å². The van der Waals surface area contributed by atoms with Crippen LogP contribution in [0.25, 0.3) is 0 Å². The van der Waals surface area contributed by atoms with Crippen LogP contribution in [0.5, 0.6) is 0 Å². The van der Waals surface area contributed by atoms with Crippen LogP contribution in [0.3, 0.4) is 0 Å². The summed E-state index contributed by atoms with van der Waals surface area (Å²) in [5.41, 5.74) is 1.41. The maximum absolute atomic E-state index is 6.66. The van der Waals surface area contributed by atoms with Gasteiger partial charge in [0.1, 0.15) is 0 Å². The van der Waals surface area contributed by atoms with Crippen molar-refractivity contribution in [2.45, 2.75) is 110 Å². The molecule has 0 amide bonds. The van der Waals surface area contributed by atoms with Crippen LogP contribution >= 0.6 is 0 Å². The van der Waals surface area contributed by atoms with Crippen molar-refractivity contribution in [2.24, 2.45) is 51.8 Å². The largest absolute Gasteiger partial charge is 0.381 e. The molecule has 182 valence electrons. The van der Waals surface area contributed by atoms with Gasteiger partial charge in [0, 0.05) is 24.9 Å². The van der Waals surface area contributed by atoms with Crippen molar-refractivity contribution in [1.82, 2.24) is 0 Å². The van der Waals surface area contributed by atoms with E-state index >= 15 is 0 Å². The third-order valence-electron chi connectivity index (χ3n) is 12.6. The van der Waals surface area contributed by atoms with E-state index in [2.05, 4.69) is 27.7 Å². The predicted molar refractivity (Wildman–Crippen MR) is 127 cm³/mol. The lowest BCUT2D eigenvalue weighted by Crippen LogP contribution is -2.53. The number of fused-ring (bicyclic) bond motifs is 5. The molecule has 0 bridgehead atoms. The van der Waals surface area contributed by atoms with Crippen molar-refractivity contribution in [1.29, 1.82) is 0 Å². The summed E-state index contributed by atoms with van der Waals surface area (Å²) >= 11 is 0. The third kappa shape index (κ3) is 3.02. The molecule has 6 aliphatic rings. The van der Waals surface area contributed by atoms with Crippen LogP contribution in [0.4, 0.5) is 0 Å². The van der Waals surface area contributed by atoms with E-state index in [1.165, 1.54) is 64.2 Å². The second-order valence-electron chi connectivity index (χ2n) is 14.0. The van der Waals surface area contributed by atoms with Crippen molar-refractivity contribution in [3.63, 3.8) is 0 Å². The zero-order valence-corrected chi connectivity index (χ0v) is 21.5. The summed E-state index contributed by atoms with van der Waals surface area (Å²) in [4.78, 5) is 0. The van der Waals surface area contributed by atoms with Gasteiger partial charge in [-0.25, -0.2) is 0 Å². The highest BCUT2D eigenvalue weighted by atomic mass is 16.7. The average molecular weight is 445 g/mol. The lowest BCUT2D eigenvalue weighted by Gasteiger charge is -2.60. The maximum atomic E-state index is 6.66. The lowest BCUT2D eigenvalue weighted by molar-refractivity contribution is -0.257. The molecule has 2 spiro atoms. The topological polar surface area (TPSA) is 27.7 Å². The Labute approximate surface area is 196 Å². The first-order chi connectivity index (χ1) is 15.2. The molecule has 32 heavy (non-hydrogen) atoms. The highest BCUT2D eigenvalue weighted by molar-refractivity contribution is 5.14. The number of methoxy groups -OCH3 is 1. The molecule has 0 aromatic carbocycles. The fourth-order valence-electron chi connectivity index (χ4n) is 10.5. The molecule has 2 heterocycles. The second kappa shape index (κ2) is 7.44. The van der Waals surface area contributed by atoms with Gasteiger partial charge in [-0.1, -0.05) is 27.7 Å². The Balaban J connectivity index is 1.24. The Bertz CT molecular complexity index is 728. The lowest BCUT2D eigenvalue weighted by atomic mass is 9.45. The molecule has 4 saturated carbocycles. The van der Waals surface area contributed by atoms with Crippen molar-refractivity contribution < 1.29 is 14.2 Å². The highest BCUT2D eigenvalue weighted by Gasteiger charge is 2.67. The molecule has 0 radical (unpaired) electrons. The smallest absolute Gasteiger partial charge is 0.171 e. The zero-order chi connectivity index (χ0) is 22.4. The van der Waals surface area contributed by atoms with Crippen LogP contribution in [0.2, 0.25) is 0 Å². The standard InChI is InChI=1S/C29H48O3/c1-19-8-13-29(31-16-19)20(2)28(18-32-29)15-25-23-7-6-21-14-22(30-5)9-12-27(21,4)24(23)10-11-26(25,3)17-28/h19-25H,6-18H2,1-5H3. The SMILES string of the molecule is COC1CCC2(C)C(CCC3C4CC5(COC6(CCC(C)CO6)C5C)CC4(C)CCC32)C1. The van der Waals surface area contributed by atoms with Crippen LogP contribution < -0.4 is 0 Å². The molecule has 6 fully saturated rings. The summed E-state index contributed by atoms with van der Waals surface area (Å²) in [5, 5.41) is 0. The van der Waals surface area contributed by atoms with Gasteiger partial charge in [0.25, 0.3) is 0 Å². The van der Waals surface area contributed by atoms with Crippen molar-refractivity contribution in [3.8, 4) is 0 Å². The van der Waals surface area contributed by atoms with Crippen LogP contribution in [0.15, 0.2) is 0 Å². The van der Waals surface area contributed by atoms with E-state index in [1.54, 1.807) is 0 Å². The Kier molecular flexibility index (Phi) is 5.20. The average Bonchev–Trinajstić information content (AvgIpc) is 3.24. The van der Waals surface area contributed by atoms with E-state index in [0.717, 1.165) is 43.3 Å². The molecule has 0 aromatic heterocycles. The van der Waals surface area contributed by atoms with Gasteiger partial charge in [0.2, 0.25) is 0 Å². The van der Waals surface area contributed by atoms with Crippen molar-refractivity contribution >= 4 is 0 Å². The molecule has 4 aliphatic carbocycles. The van der Waals surface area contributed by atoms with E-state index in [4.69, 9.17) is 14.2 Å². The van der Waals surface area contributed by atoms with Gasteiger partial charge in [-0.3, -0.25) is 0 Å². The first kappa shape index (κ1) is 22.4. The molecule has 2 aliphatic heterocycles. The minimum Gasteiger partial charge on any atom is -0.381 e. The molecular formula is C29H48O3. The zero-order valence-electron chi connectivity index (χ0n) is 21.5. The summed E-state index contributed by atoms with van der Waals surface area (Å²) < 4.78 is 19.0. The number of hydrogen-bond acceptors (Lipinski definition) is 3. The summed E-state index contributed by atoms with van der Waals surface area (Å²) in [7, 11) is 1.93. The highest BCUT2D eigenvalue weighted by Crippen LogP contribution is 2.72. The van der Waals surface area contributed by atoms with Gasteiger partial charge in [-0.2, -0.15) is 0 Å². The summed E-state index contributed by atoms with van der Waals surface area (Å²) in [6.07, 6.45) is 15.4. The number of ether oxygens (including phenoxy) is 3. The fourth-order valence-corrected chi connectivity index (χ4v) is 10.5. The summed E-state index contributed by atoms with van der Waals surface area (Å²) in [5.74, 6) is 4.58. The van der Waals surface area contributed by atoms with Gasteiger partial charge < -0.3 is 14.2 Å². The first-order valence-electron chi connectivity index (χ1n) is 14.0. The van der Waals surface area contributed by atoms with Gasteiger partial charge >= 0.3 is 0 Å². The Morgan fingerprint density at radius 2 is 1.72 bits per heavy atom. The molecule has 2 saturated heterocycles. The summed E-state index contributed by atoms with van der Waals surface area (Å²) in [6.45, 7) is 12.0. The van der Waals surface area contributed by atoms with E-state index < -0.39 is 0 Å². The molecule has 11 unspecified atom stereocenters. The first-order valence-corrected chi connectivity index (χ1v) is 14.0. The maximum Gasteiger partial charge on any atom is 0.171 e. The number of hydrogen-bond donors (Lipinski definition) is 0. The van der Waals surface area contributed by atoms with Crippen molar-refractivity contribution in [2.75, 3.05) is 20.3 Å². The monoisotopic (exact) mass is 444 g/mol. The van der Waals surface area contributed by atoms with Crippen LogP contribution in [0.1, 0.15) is 98.3 Å². The second-order valence-corrected chi connectivity index (χ2v) is 14.0. The minimum absolute atomic E-state index is 0.280. The third-order valence-corrected chi connectivity index (χ3v) is 12.6. The Hall–Kier alpha value is -0.120. The molecular weight excluding hydrogens is 396 g/mol. The molecule has 11 atom stereocenters. The normalized spacial score (nSPS) is 59.7. The van der Waals surface area contributed by atoms with Gasteiger partial charge in [-0.15, -0.1) is 0 Å². The molecule has 3 heteroatoms. The van der Waals surface area contributed by atoms with E-state index in [1.807, 2.05) is 7.11 Å². The predicted octanol–water partition coefficient (Wildman–Crippen LogP) is 6.84. The Morgan fingerprint density at radius 3 is 2.47 bits per heavy atom. The quantitative estimate of drug-likeness (QED) is 0.443. The van der Waals surface area contributed by atoms with E-state index in [-0.39, 0.29) is 5.79 Å². The fraction of sp³-hybridized carbons (Fsp3) is 1.00.